The summed E-state index contributed by atoms with van der Waals surface area (Å²) in [6.45, 7) is 13.9. The van der Waals surface area contributed by atoms with Gasteiger partial charge in [-0.1, -0.05) is 13.0 Å². The number of likely N-dealkylation sites (tertiary alicyclic amines) is 1. The molecule has 1 aromatic carbocycles. The largest absolute Gasteiger partial charge is 0.381 e. The summed E-state index contributed by atoms with van der Waals surface area (Å²) in [4.78, 5) is 17.9. The van der Waals surface area contributed by atoms with Gasteiger partial charge in [-0.3, -0.25) is 9.69 Å². The van der Waals surface area contributed by atoms with Crippen LogP contribution < -0.4 is 0 Å². The molecule has 3 aliphatic rings. The molecule has 5 nitrogen and oxygen atoms in total. The van der Waals surface area contributed by atoms with Crippen LogP contribution in [0.1, 0.15) is 54.2 Å². The Morgan fingerprint density at radius 2 is 1.94 bits per heavy atom. The predicted molar refractivity (Wildman–Crippen MR) is 129 cm³/mol. The lowest BCUT2D eigenvalue weighted by atomic mass is 9.96. The Balaban J connectivity index is 1.43. The molecule has 0 bridgehead atoms. The van der Waals surface area contributed by atoms with Gasteiger partial charge in [0.1, 0.15) is 0 Å². The first kappa shape index (κ1) is 21.7. The lowest BCUT2D eigenvalue weighted by Gasteiger charge is -2.33. The molecular formula is C27H37N3O2. The Labute approximate surface area is 192 Å². The molecule has 3 aliphatic heterocycles. The fourth-order valence-electron chi connectivity index (χ4n) is 5.82. The van der Waals surface area contributed by atoms with Gasteiger partial charge < -0.3 is 14.2 Å². The van der Waals surface area contributed by atoms with Crippen LogP contribution in [0.5, 0.6) is 0 Å². The number of allylic oxidation sites excluding steroid dienone is 1. The van der Waals surface area contributed by atoms with Crippen molar-refractivity contribution < 1.29 is 9.53 Å². The van der Waals surface area contributed by atoms with E-state index < -0.39 is 0 Å². The second kappa shape index (κ2) is 9.40. The standard InChI is InChI=1S/C27H37N3O2/c1-3-11-30-25-5-4-22(27(31)29-13-6-20(2)7-14-29)17-23(25)24-19-28(12-8-26(24)30)18-21-9-15-32-16-10-21/h3-5,17,20-21H,1,6-16,18-19H2,2H3. The maximum Gasteiger partial charge on any atom is 0.253 e. The van der Waals surface area contributed by atoms with Gasteiger partial charge in [-0.2, -0.15) is 0 Å². The zero-order chi connectivity index (χ0) is 22.1. The average Bonchev–Trinajstić information content (AvgIpc) is 3.12. The van der Waals surface area contributed by atoms with Crippen LogP contribution in [-0.2, 0) is 24.2 Å². The van der Waals surface area contributed by atoms with E-state index in [1.807, 2.05) is 17.0 Å². The Hall–Kier alpha value is -2.11. The maximum absolute atomic E-state index is 13.3. The smallest absolute Gasteiger partial charge is 0.253 e. The van der Waals surface area contributed by atoms with Crippen LogP contribution >= 0.6 is 0 Å². The monoisotopic (exact) mass is 435 g/mol. The number of benzene rings is 1. The molecule has 4 heterocycles. The van der Waals surface area contributed by atoms with Crippen molar-refractivity contribution in [1.82, 2.24) is 14.4 Å². The van der Waals surface area contributed by atoms with E-state index in [1.54, 1.807) is 0 Å². The highest BCUT2D eigenvalue weighted by Crippen LogP contribution is 2.33. The minimum Gasteiger partial charge on any atom is -0.381 e. The Morgan fingerprint density at radius 3 is 2.69 bits per heavy atom. The summed E-state index contributed by atoms with van der Waals surface area (Å²) < 4.78 is 7.97. The van der Waals surface area contributed by atoms with Crippen LogP contribution in [0.4, 0.5) is 0 Å². The van der Waals surface area contributed by atoms with Crippen LogP contribution in [0.15, 0.2) is 30.9 Å². The molecule has 2 fully saturated rings. The maximum atomic E-state index is 13.3. The van der Waals surface area contributed by atoms with E-state index in [0.29, 0.717) is 0 Å². The minimum absolute atomic E-state index is 0.193. The summed E-state index contributed by atoms with van der Waals surface area (Å²) in [5.74, 6) is 1.66. The van der Waals surface area contributed by atoms with Crippen LogP contribution in [0.2, 0.25) is 0 Å². The molecule has 1 amide bonds. The number of hydrogen-bond acceptors (Lipinski definition) is 3. The Bertz CT molecular complexity index is 980. The molecule has 5 heteroatoms. The van der Waals surface area contributed by atoms with Crippen LogP contribution in [0, 0.1) is 11.8 Å². The van der Waals surface area contributed by atoms with E-state index in [0.717, 1.165) is 89.1 Å². The van der Waals surface area contributed by atoms with Crippen LogP contribution in [0.25, 0.3) is 10.9 Å². The van der Waals surface area contributed by atoms with Gasteiger partial charge in [-0.25, -0.2) is 0 Å². The first-order valence-corrected chi connectivity index (χ1v) is 12.5. The number of rotatable bonds is 5. The van der Waals surface area contributed by atoms with Crippen molar-refractivity contribution in [2.45, 2.75) is 52.1 Å². The molecular weight excluding hydrogens is 398 g/mol. The van der Waals surface area contributed by atoms with E-state index in [-0.39, 0.29) is 5.91 Å². The second-order valence-electron chi connectivity index (χ2n) is 10.1. The SMILES string of the molecule is C=CCn1c2c(c3cc(C(=O)N4CCC(C)CC4)ccc31)CN(CC1CCOCC1)CC2. The summed E-state index contributed by atoms with van der Waals surface area (Å²) >= 11 is 0. The topological polar surface area (TPSA) is 37.7 Å². The summed E-state index contributed by atoms with van der Waals surface area (Å²) in [5, 5.41) is 1.26. The number of amides is 1. The first-order valence-electron chi connectivity index (χ1n) is 12.5. The lowest BCUT2D eigenvalue weighted by molar-refractivity contribution is 0.0505. The third kappa shape index (κ3) is 4.25. The molecule has 172 valence electrons. The molecule has 2 saturated heterocycles. The van der Waals surface area contributed by atoms with E-state index in [2.05, 4.69) is 35.1 Å². The molecule has 0 radical (unpaired) electrons. The van der Waals surface area contributed by atoms with Crippen LogP contribution in [-0.4, -0.2) is 59.7 Å². The Kier molecular flexibility index (Phi) is 6.38. The van der Waals surface area contributed by atoms with Crippen molar-refractivity contribution in [3.8, 4) is 0 Å². The molecule has 0 unspecified atom stereocenters. The summed E-state index contributed by atoms with van der Waals surface area (Å²) in [6.07, 6.45) is 7.63. The number of fused-ring (bicyclic) bond motifs is 3. The van der Waals surface area contributed by atoms with Gasteiger partial charge in [-0.15, -0.1) is 6.58 Å². The number of piperidine rings is 1. The zero-order valence-electron chi connectivity index (χ0n) is 19.5. The molecule has 5 rings (SSSR count). The molecule has 0 atom stereocenters. The van der Waals surface area contributed by atoms with Gasteiger partial charge in [0, 0.05) is 81.1 Å². The van der Waals surface area contributed by atoms with Crippen molar-refractivity contribution >= 4 is 16.8 Å². The number of nitrogens with zero attached hydrogens (tertiary/aromatic N) is 3. The van der Waals surface area contributed by atoms with Gasteiger partial charge in [0.25, 0.3) is 5.91 Å². The number of carbonyl (C=O) groups is 1. The van der Waals surface area contributed by atoms with Gasteiger partial charge >= 0.3 is 0 Å². The van der Waals surface area contributed by atoms with Crippen molar-refractivity contribution in [1.29, 1.82) is 0 Å². The fourth-order valence-corrected chi connectivity index (χ4v) is 5.82. The number of ether oxygens (including phenoxy) is 1. The van der Waals surface area contributed by atoms with Gasteiger partial charge in [0.15, 0.2) is 0 Å². The van der Waals surface area contributed by atoms with Gasteiger partial charge in [-0.05, 0) is 61.3 Å². The third-order valence-electron chi connectivity index (χ3n) is 7.82. The molecule has 0 N–H and O–H groups in total. The quantitative estimate of drug-likeness (QED) is 0.650. The Morgan fingerprint density at radius 1 is 1.16 bits per heavy atom. The summed E-state index contributed by atoms with van der Waals surface area (Å²) in [7, 11) is 0. The van der Waals surface area contributed by atoms with Gasteiger partial charge in [0.2, 0.25) is 0 Å². The average molecular weight is 436 g/mol. The van der Waals surface area contributed by atoms with E-state index in [9.17, 15) is 4.79 Å². The van der Waals surface area contributed by atoms with Crippen molar-refractivity contribution in [2.75, 3.05) is 39.4 Å². The summed E-state index contributed by atoms with van der Waals surface area (Å²) in [5.41, 5.74) is 4.93. The molecule has 32 heavy (non-hydrogen) atoms. The first-order chi connectivity index (χ1) is 15.6. The second-order valence-corrected chi connectivity index (χ2v) is 10.1. The zero-order valence-corrected chi connectivity index (χ0v) is 19.5. The highest BCUT2D eigenvalue weighted by molar-refractivity contribution is 5.99. The van der Waals surface area contributed by atoms with Crippen molar-refractivity contribution in [3.63, 3.8) is 0 Å². The molecule has 0 spiro atoms. The fraction of sp³-hybridized carbons (Fsp3) is 0.593. The predicted octanol–water partition coefficient (Wildman–Crippen LogP) is 4.48. The number of aromatic nitrogens is 1. The molecule has 2 aromatic rings. The van der Waals surface area contributed by atoms with Crippen LogP contribution in [0.3, 0.4) is 0 Å². The summed E-state index contributed by atoms with van der Waals surface area (Å²) in [6, 6.07) is 6.37. The van der Waals surface area contributed by atoms with Crippen molar-refractivity contribution in [2.24, 2.45) is 11.8 Å². The normalized spacial score (nSPS) is 21.1. The van der Waals surface area contributed by atoms with E-state index in [4.69, 9.17) is 4.74 Å². The number of carbonyl (C=O) groups excluding carboxylic acids is 1. The third-order valence-corrected chi connectivity index (χ3v) is 7.82. The molecule has 0 saturated carbocycles. The highest BCUT2D eigenvalue weighted by atomic mass is 16.5. The van der Waals surface area contributed by atoms with Crippen molar-refractivity contribution in [3.05, 3.63) is 47.7 Å². The minimum atomic E-state index is 0.193. The molecule has 1 aromatic heterocycles. The van der Waals surface area contributed by atoms with E-state index >= 15 is 0 Å². The number of hydrogen-bond donors (Lipinski definition) is 0. The highest BCUT2D eigenvalue weighted by Gasteiger charge is 2.27. The molecule has 0 aliphatic carbocycles. The van der Waals surface area contributed by atoms with Gasteiger partial charge in [0.05, 0.1) is 0 Å². The lowest BCUT2D eigenvalue weighted by Crippen LogP contribution is -2.37. The van der Waals surface area contributed by atoms with E-state index in [1.165, 1.54) is 35.0 Å².